The summed E-state index contributed by atoms with van der Waals surface area (Å²) in [7, 11) is 1.31. The molecule has 0 fully saturated rings. The van der Waals surface area contributed by atoms with E-state index >= 15 is 0 Å². The van der Waals surface area contributed by atoms with Crippen molar-refractivity contribution >= 4 is 54.7 Å². The summed E-state index contributed by atoms with van der Waals surface area (Å²) in [4.78, 5) is -0.217. The van der Waals surface area contributed by atoms with E-state index in [0.717, 1.165) is 11.5 Å². The van der Waals surface area contributed by atoms with E-state index in [4.69, 9.17) is 38.6 Å². The number of benzene rings is 1. The molecule has 0 aromatic heterocycles. The van der Waals surface area contributed by atoms with Crippen molar-refractivity contribution in [2.24, 2.45) is 0 Å². The van der Waals surface area contributed by atoms with Gasteiger partial charge in [0.2, 0.25) is 0 Å². The van der Waals surface area contributed by atoms with Crippen LogP contribution in [-0.2, 0) is 9.05 Å². The number of ether oxygens (including phenoxy) is 1. The fourth-order valence-electron chi connectivity index (χ4n) is 1.16. The third-order valence-corrected chi connectivity index (χ3v) is 4.88. The molecular weight excluding hydrogens is 339 g/mol. The molecule has 1 aromatic rings. The summed E-state index contributed by atoms with van der Waals surface area (Å²) in [6, 6.07) is 2.55. The van der Waals surface area contributed by atoms with Crippen molar-refractivity contribution in [2.75, 3.05) is 18.1 Å². The Labute approximate surface area is 125 Å². The van der Waals surface area contributed by atoms with Crippen LogP contribution in [0, 0.1) is 0 Å². The molecule has 0 heterocycles. The number of halogens is 3. The summed E-state index contributed by atoms with van der Waals surface area (Å²) in [5.74, 6) is 2.17. The highest BCUT2D eigenvalue weighted by Crippen LogP contribution is 2.35. The van der Waals surface area contributed by atoms with Gasteiger partial charge in [0.1, 0.15) is 10.6 Å². The number of rotatable bonds is 6. The SMILES string of the molecule is CCSCCOc1cc(Cl)c(S(=O)(=O)Cl)cc1Cl. The second kappa shape index (κ2) is 7.10. The summed E-state index contributed by atoms with van der Waals surface area (Å²) in [6.07, 6.45) is 0. The molecule has 3 nitrogen and oxygen atoms in total. The predicted octanol–water partition coefficient (Wildman–Crippen LogP) is 4.05. The Morgan fingerprint density at radius 3 is 2.50 bits per heavy atom. The fourth-order valence-corrected chi connectivity index (χ4v) is 3.45. The third kappa shape index (κ3) is 4.70. The van der Waals surface area contributed by atoms with Crippen LogP contribution in [0.25, 0.3) is 0 Å². The van der Waals surface area contributed by atoms with Gasteiger partial charge in [-0.25, -0.2) is 8.42 Å². The van der Waals surface area contributed by atoms with Gasteiger partial charge >= 0.3 is 0 Å². The minimum atomic E-state index is -3.91. The standard InChI is InChI=1S/C10H11Cl3O3S2/c1-2-17-4-3-16-9-5-8(12)10(6-7(9)11)18(13,14)15/h5-6H,2-4H2,1H3. The first kappa shape index (κ1) is 16.2. The van der Waals surface area contributed by atoms with E-state index in [0.29, 0.717) is 12.4 Å². The van der Waals surface area contributed by atoms with E-state index in [2.05, 4.69) is 6.92 Å². The first-order chi connectivity index (χ1) is 8.36. The van der Waals surface area contributed by atoms with Gasteiger partial charge in [0, 0.05) is 22.5 Å². The highest BCUT2D eigenvalue weighted by molar-refractivity contribution is 8.13. The Morgan fingerprint density at radius 1 is 1.28 bits per heavy atom. The maximum atomic E-state index is 11.2. The van der Waals surface area contributed by atoms with E-state index in [1.54, 1.807) is 11.8 Å². The normalized spacial score (nSPS) is 11.6. The van der Waals surface area contributed by atoms with Gasteiger partial charge in [0.15, 0.2) is 0 Å². The molecule has 0 bridgehead atoms. The van der Waals surface area contributed by atoms with E-state index in [1.165, 1.54) is 12.1 Å². The second-order valence-corrected chi connectivity index (χ2v) is 7.94. The van der Waals surface area contributed by atoms with Crippen LogP contribution in [0.15, 0.2) is 17.0 Å². The first-order valence-corrected chi connectivity index (χ1v) is 9.22. The Bertz CT molecular complexity index is 517. The third-order valence-electron chi connectivity index (χ3n) is 1.94. The van der Waals surface area contributed by atoms with E-state index in [9.17, 15) is 8.42 Å². The zero-order valence-electron chi connectivity index (χ0n) is 9.45. The van der Waals surface area contributed by atoms with Crippen molar-refractivity contribution in [3.8, 4) is 5.75 Å². The van der Waals surface area contributed by atoms with Crippen LogP contribution in [-0.4, -0.2) is 26.5 Å². The van der Waals surface area contributed by atoms with Gasteiger partial charge in [-0.15, -0.1) is 0 Å². The van der Waals surface area contributed by atoms with Crippen LogP contribution >= 0.6 is 45.6 Å². The van der Waals surface area contributed by atoms with Crippen molar-refractivity contribution in [1.82, 2.24) is 0 Å². The largest absolute Gasteiger partial charge is 0.491 e. The van der Waals surface area contributed by atoms with E-state index < -0.39 is 9.05 Å². The first-order valence-electron chi connectivity index (χ1n) is 5.00. The molecule has 0 aliphatic rings. The van der Waals surface area contributed by atoms with Gasteiger partial charge in [-0.2, -0.15) is 11.8 Å². The molecule has 18 heavy (non-hydrogen) atoms. The molecule has 8 heteroatoms. The molecule has 0 unspecified atom stereocenters. The topological polar surface area (TPSA) is 43.4 Å². The second-order valence-electron chi connectivity index (χ2n) is 3.20. The molecule has 1 aromatic carbocycles. The van der Waals surface area contributed by atoms with Crippen LogP contribution in [0.5, 0.6) is 5.75 Å². The Hall–Kier alpha value is 0.190. The molecular formula is C10H11Cl3O3S2. The molecule has 1 rings (SSSR count). The zero-order chi connectivity index (χ0) is 13.8. The summed E-state index contributed by atoms with van der Waals surface area (Å²) in [5.41, 5.74) is 0. The molecule has 0 N–H and O–H groups in total. The average Bonchev–Trinajstić information content (AvgIpc) is 2.27. The highest BCUT2D eigenvalue weighted by atomic mass is 35.7. The van der Waals surface area contributed by atoms with Crippen molar-refractivity contribution in [3.05, 3.63) is 22.2 Å². The lowest BCUT2D eigenvalue weighted by Gasteiger charge is -2.09. The van der Waals surface area contributed by atoms with Crippen LogP contribution in [0.1, 0.15) is 6.92 Å². The molecule has 0 atom stereocenters. The summed E-state index contributed by atoms with van der Waals surface area (Å²) in [6.45, 7) is 2.52. The Morgan fingerprint density at radius 2 is 1.94 bits per heavy atom. The quantitative estimate of drug-likeness (QED) is 0.574. The minimum absolute atomic E-state index is 0.00690. The molecule has 0 aliphatic carbocycles. The number of hydrogen-bond acceptors (Lipinski definition) is 4. The number of thioether (sulfide) groups is 1. The predicted molar refractivity (Wildman–Crippen MR) is 78.0 cm³/mol. The molecule has 102 valence electrons. The lowest BCUT2D eigenvalue weighted by molar-refractivity contribution is 0.344. The molecule has 0 radical (unpaired) electrons. The van der Waals surface area contributed by atoms with Crippen molar-refractivity contribution in [3.63, 3.8) is 0 Å². The van der Waals surface area contributed by atoms with Gasteiger partial charge in [-0.1, -0.05) is 30.1 Å². The molecule has 0 saturated heterocycles. The molecule has 0 spiro atoms. The van der Waals surface area contributed by atoms with Crippen LogP contribution in [0.3, 0.4) is 0 Å². The zero-order valence-corrected chi connectivity index (χ0v) is 13.4. The van der Waals surface area contributed by atoms with Crippen LogP contribution in [0.2, 0.25) is 10.0 Å². The number of hydrogen-bond donors (Lipinski definition) is 0. The monoisotopic (exact) mass is 348 g/mol. The maximum absolute atomic E-state index is 11.2. The molecule has 0 amide bonds. The van der Waals surface area contributed by atoms with Gasteiger partial charge in [0.05, 0.1) is 16.7 Å². The van der Waals surface area contributed by atoms with Crippen molar-refractivity contribution in [2.45, 2.75) is 11.8 Å². The van der Waals surface area contributed by atoms with E-state index in [1.807, 2.05) is 0 Å². The minimum Gasteiger partial charge on any atom is -0.491 e. The maximum Gasteiger partial charge on any atom is 0.262 e. The van der Waals surface area contributed by atoms with E-state index in [-0.39, 0.29) is 14.9 Å². The van der Waals surface area contributed by atoms with Crippen molar-refractivity contribution in [1.29, 1.82) is 0 Å². The fraction of sp³-hybridized carbons (Fsp3) is 0.400. The molecule has 0 saturated carbocycles. The summed E-state index contributed by atoms with van der Waals surface area (Å²) in [5, 5.41) is 0.160. The van der Waals surface area contributed by atoms with Crippen molar-refractivity contribution < 1.29 is 13.2 Å². The smallest absolute Gasteiger partial charge is 0.262 e. The average molecular weight is 350 g/mol. The summed E-state index contributed by atoms with van der Waals surface area (Å²) < 4.78 is 27.8. The van der Waals surface area contributed by atoms with Gasteiger partial charge < -0.3 is 4.74 Å². The Kier molecular flexibility index (Phi) is 6.41. The summed E-state index contributed by atoms with van der Waals surface area (Å²) >= 11 is 13.5. The highest BCUT2D eigenvalue weighted by Gasteiger charge is 2.18. The van der Waals surface area contributed by atoms with Gasteiger partial charge in [0.25, 0.3) is 9.05 Å². The van der Waals surface area contributed by atoms with Gasteiger partial charge in [-0.05, 0) is 11.8 Å². The van der Waals surface area contributed by atoms with Gasteiger partial charge in [-0.3, -0.25) is 0 Å². The van der Waals surface area contributed by atoms with Crippen LogP contribution in [0.4, 0.5) is 0 Å². The lowest BCUT2D eigenvalue weighted by atomic mass is 10.3. The Balaban J connectivity index is 2.87. The molecule has 0 aliphatic heterocycles. The lowest BCUT2D eigenvalue weighted by Crippen LogP contribution is -2.02. The van der Waals surface area contributed by atoms with Crippen LogP contribution < -0.4 is 4.74 Å².